The summed E-state index contributed by atoms with van der Waals surface area (Å²) in [5.74, 6) is 0.480. The molecule has 362 valence electrons. The van der Waals surface area contributed by atoms with Crippen LogP contribution in [0.15, 0.2) is 154 Å². The van der Waals surface area contributed by atoms with Crippen molar-refractivity contribution in [2.75, 3.05) is 9.80 Å². The summed E-state index contributed by atoms with van der Waals surface area (Å²) in [5, 5.41) is 9.15. The van der Waals surface area contributed by atoms with Crippen molar-refractivity contribution in [3.05, 3.63) is 190 Å². The van der Waals surface area contributed by atoms with Gasteiger partial charge in [-0.25, -0.2) is 0 Å². The maximum atomic E-state index is 7.17. The summed E-state index contributed by atoms with van der Waals surface area (Å²) in [7, 11) is 0. The average Bonchev–Trinajstić information content (AvgIpc) is 3.86. The van der Waals surface area contributed by atoms with Gasteiger partial charge in [0.25, 0.3) is 0 Å². The minimum atomic E-state index is 0.00961. The molecule has 2 aromatic heterocycles. The van der Waals surface area contributed by atoms with Crippen molar-refractivity contribution in [1.29, 1.82) is 0 Å². The molecule has 0 saturated heterocycles. The first-order valence-electron chi connectivity index (χ1n) is 25.9. The molecule has 0 saturated carbocycles. The topological polar surface area (TPSA) is 32.8 Å². The van der Waals surface area contributed by atoms with Gasteiger partial charge < -0.3 is 18.6 Å². The summed E-state index contributed by atoms with van der Waals surface area (Å²) in [5.41, 5.74) is 20.4. The van der Waals surface area contributed by atoms with E-state index in [4.69, 9.17) is 8.83 Å². The highest BCUT2D eigenvalue weighted by Gasteiger charge is 2.29. The number of rotatable bonds is 8. The van der Waals surface area contributed by atoms with Crippen LogP contribution in [-0.4, -0.2) is 0 Å². The van der Waals surface area contributed by atoms with E-state index in [0.29, 0.717) is 0 Å². The second-order valence-corrected chi connectivity index (χ2v) is 23.5. The third-order valence-corrected chi connectivity index (χ3v) is 14.8. The third kappa shape index (κ3) is 8.19. The second kappa shape index (κ2) is 17.2. The fraction of sp³-hybridized carbons (Fsp3) is 0.265. The second-order valence-electron chi connectivity index (χ2n) is 23.5. The van der Waals surface area contributed by atoms with E-state index in [1.165, 1.54) is 55.3 Å². The molecule has 0 N–H and O–H groups in total. The van der Waals surface area contributed by atoms with Gasteiger partial charge in [-0.15, -0.1) is 0 Å². The zero-order chi connectivity index (χ0) is 50.7. The van der Waals surface area contributed by atoms with E-state index in [1.807, 2.05) is 0 Å². The van der Waals surface area contributed by atoms with Crippen LogP contribution in [0.25, 0.3) is 65.4 Å². The molecular weight excluding hydrogens is 877 g/mol. The summed E-state index contributed by atoms with van der Waals surface area (Å²) < 4.78 is 14.3. The van der Waals surface area contributed by atoms with Crippen molar-refractivity contribution in [3.8, 4) is 0 Å². The number of hydrogen-bond acceptors (Lipinski definition) is 4. The van der Waals surface area contributed by atoms with E-state index in [9.17, 15) is 0 Å². The van der Waals surface area contributed by atoms with E-state index in [-0.39, 0.29) is 22.7 Å². The van der Waals surface area contributed by atoms with Gasteiger partial charge in [0.1, 0.15) is 11.2 Å². The van der Waals surface area contributed by atoms with Crippen LogP contribution in [0.4, 0.5) is 34.1 Å². The van der Waals surface area contributed by atoms with Crippen molar-refractivity contribution in [2.45, 2.75) is 120 Å². The molecule has 0 bridgehead atoms. The largest absolute Gasteiger partial charge is 0.452 e. The molecule has 0 amide bonds. The molecule has 11 aromatic rings. The van der Waals surface area contributed by atoms with Crippen LogP contribution in [0, 0.1) is 27.7 Å². The standard InChI is InChI=1S/C68H68N2O2/c1-39(2)61-62(40(3)4)64-58-34-46-22-24-54(70(56-29-43(7)26-44(8)30-56)52-20-16-18-50(38-52)68(12,13)14)32-48(46)36-60(58)72-66(64)65-63(61)57-33-45-21-23-53(31-47(45)35-59(57)71-65)69(55-27-41(5)25-42(6)28-55)51-19-15-17-49(37-51)67(9,10)11/h15-40H,1-14H3. The quantitative estimate of drug-likeness (QED) is 0.152. The number of aryl methyl sites for hydroxylation is 4. The molecule has 4 nitrogen and oxygen atoms in total. The van der Waals surface area contributed by atoms with Gasteiger partial charge in [-0.05, 0) is 213 Å². The molecule has 2 heterocycles. The van der Waals surface area contributed by atoms with Gasteiger partial charge in [0, 0.05) is 55.7 Å². The van der Waals surface area contributed by atoms with Crippen LogP contribution in [0.2, 0.25) is 0 Å². The van der Waals surface area contributed by atoms with Crippen LogP contribution in [0.3, 0.4) is 0 Å². The monoisotopic (exact) mass is 945 g/mol. The van der Waals surface area contributed by atoms with Crippen LogP contribution in [0.5, 0.6) is 0 Å². The zero-order valence-electron chi connectivity index (χ0n) is 44.7. The number of nitrogens with zero attached hydrogens (tertiary/aromatic N) is 2. The zero-order valence-corrected chi connectivity index (χ0v) is 44.7. The lowest BCUT2D eigenvalue weighted by Gasteiger charge is -2.28. The fourth-order valence-electron chi connectivity index (χ4n) is 11.5. The van der Waals surface area contributed by atoms with E-state index in [0.717, 1.165) is 88.8 Å². The Morgan fingerprint density at radius 3 is 1.07 bits per heavy atom. The number of fused-ring (bicyclic) bond motifs is 9. The van der Waals surface area contributed by atoms with E-state index < -0.39 is 0 Å². The molecule has 0 aliphatic carbocycles. The maximum Gasteiger partial charge on any atom is 0.178 e. The highest BCUT2D eigenvalue weighted by molar-refractivity contribution is 6.24. The lowest BCUT2D eigenvalue weighted by molar-refractivity contribution is 0.590. The average molecular weight is 945 g/mol. The van der Waals surface area contributed by atoms with Crippen molar-refractivity contribution in [2.24, 2.45) is 0 Å². The molecule has 0 aliphatic heterocycles. The van der Waals surface area contributed by atoms with E-state index in [2.05, 4.69) is 252 Å². The van der Waals surface area contributed by atoms with Crippen LogP contribution < -0.4 is 9.80 Å². The Morgan fingerprint density at radius 1 is 0.361 bits per heavy atom. The highest BCUT2D eigenvalue weighted by atomic mass is 16.4. The van der Waals surface area contributed by atoms with Crippen molar-refractivity contribution in [3.63, 3.8) is 0 Å². The smallest absolute Gasteiger partial charge is 0.178 e. The third-order valence-electron chi connectivity index (χ3n) is 14.8. The van der Waals surface area contributed by atoms with Crippen molar-refractivity contribution >= 4 is 99.5 Å². The Bertz CT molecular complexity index is 3660. The van der Waals surface area contributed by atoms with Gasteiger partial charge in [-0.3, -0.25) is 0 Å². The van der Waals surface area contributed by atoms with Gasteiger partial charge in [0.15, 0.2) is 11.2 Å². The molecule has 0 unspecified atom stereocenters. The predicted octanol–water partition coefficient (Wildman–Crippen LogP) is 20.8. The highest BCUT2D eigenvalue weighted by Crippen LogP contribution is 2.50. The molecule has 72 heavy (non-hydrogen) atoms. The SMILES string of the molecule is Cc1cc(C)cc(N(c2cccc(C(C)(C)C)c2)c2ccc3cc4c(cc3c2)oc2c3oc5cc6cc(N(c7cc(C)cc(C)c7)c7cccc(C(C)(C)C)c7)ccc6cc5c3c(C(C)C)c(C(C)C)c42)c1. The summed E-state index contributed by atoms with van der Waals surface area (Å²) in [6.45, 7) is 31.7. The molecule has 11 rings (SSSR count). The van der Waals surface area contributed by atoms with Crippen molar-refractivity contribution in [1.82, 2.24) is 0 Å². The van der Waals surface area contributed by atoms with Crippen LogP contribution in [-0.2, 0) is 10.8 Å². The Kier molecular flexibility index (Phi) is 11.2. The summed E-state index contributed by atoms with van der Waals surface area (Å²) in [6, 6.07) is 54.6. The van der Waals surface area contributed by atoms with Gasteiger partial charge >= 0.3 is 0 Å². The lowest BCUT2D eigenvalue weighted by atomic mass is 9.84. The number of benzene rings is 9. The maximum absolute atomic E-state index is 7.17. The molecule has 0 atom stereocenters. The number of furan rings is 2. The van der Waals surface area contributed by atoms with E-state index >= 15 is 0 Å². The number of anilines is 6. The molecule has 0 fully saturated rings. The molecule has 9 aromatic carbocycles. The summed E-state index contributed by atoms with van der Waals surface area (Å²) in [4.78, 5) is 4.80. The van der Waals surface area contributed by atoms with Crippen LogP contribution in [0.1, 0.15) is 126 Å². The van der Waals surface area contributed by atoms with E-state index in [1.54, 1.807) is 0 Å². The van der Waals surface area contributed by atoms with Gasteiger partial charge in [0.05, 0.1) is 0 Å². The predicted molar refractivity (Wildman–Crippen MR) is 310 cm³/mol. The fourth-order valence-corrected chi connectivity index (χ4v) is 11.5. The van der Waals surface area contributed by atoms with Gasteiger partial charge in [0.2, 0.25) is 0 Å². The minimum Gasteiger partial charge on any atom is -0.452 e. The summed E-state index contributed by atoms with van der Waals surface area (Å²) in [6.07, 6.45) is 0. The molecule has 0 aliphatic rings. The Morgan fingerprint density at radius 2 is 0.722 bits per heavy atom. The normalized spacial score (nSPS) is 12.6. The Balaban J connectivity index is 1.11. The Hall–Kier alpha value is -7.30. The first-order chi connectivity index (χ1) is 34.2. The van der Waals surface area contributed by atoms with Crippen molar-refractivity contribution < 1.29 is 8.83 Å². The number of hydrogen-bond donors (Lipinski definition) is 0. The molecule has 0 radical (unpaired) electrons. The lowest BCUT2D eigenvalue weighted by Crippen LogP contribution is -2.14. The van der Waals surface area contributed by atoms with Crippen LogP contribution >= 0.6 is 0 Å². The molecular formula is C68H68N2O2. The molecule has 0 spiro atoms. The first-order valence-corrected chi connectivity index (χ1v) is 25.9. The first kappa shape index (κ1) is 47.0. The Labute approximate surface area is 425 Å². The summed E-state index contributed by atoms with van der Waals surface area (Å²) >= 11 is 0. The van der Waals surface area contributed by atoms with Gasteiger partial charge in [-0.1, -0.05) is 118 Å². The van der Waals surface area contributed by atoms with Gasteiger partial charge in [-0.2, -0.15) is 0 Å². The minimum absolute atomic E-state index is 0.00961. The molecule has 4 heteroatoms.